The van der Waals surface area contributed by atoms with Crippen LogP contribution in [0, 0.1) is 12.7 Å². The summed E-state index contributed by atoms with van der Waals surface area (Å²) < 4.78 is 13.1. The zero-order chi connectivity index (χ0) is 16.8. The summed E-state index contributed by atoms with van der Waals surface area (Å²) in [4.78, 5) is 11.6. The third-order valence-electron chi connectivity index (χ3n) is 4.27. The maximum Gasteiger partial charge on any atom is 0.127 e. The molecular weight excluding hydrogens is 357 g/mol. The molecule has 1 aliphatic heterocycles. The summed E-state index contributed by atoms with van der Waals surface area (Å²) in [7, 11) is 0. The topological polar surface area (TPSA) is 29.0 Å². The smallest absolute Gasteiger partial charge is 0.127 e. The van der Waals surface area contributed by atoms with Gasteiger partial charge in [0.15, 0.2) is 0 Å². The van der Waals surface area contributed by atoms with Crippen molar-refractivity contribution in [3.05, 3.63) is 42.0 Å². The predicted octanol–water partition coefficient (Wildman–Crippen LogP) is 4.98. The van der Waals surface area contributed by atoms with Crippen molar-refractivity contribution in [3.63, 3.8) is 0 Å². The summed E-state index contributed by atoms with van der Waals surface area (Å²) in [5, 5.41) is 1.00. The number of halogens is 2. The summed E-state index contributed by atoms with van der Waals surface area (Å²) in [5.74, 6) is 1.60. The second-order valence-electron chi connectivity index (χ2n) is 6.25. The van der Waals surface area contributed by atoms with Crippen LogP contribution in [0.3, 0.4) is 0 Å². The molecule has 0 spiro atoms. The lowest BCUT2D eigenvalue weighted by molar-refractivity contribution is 0.230. The van der Waals surface area contributed by atoms with Crippen molar-refractivity contribution < 1.29 is 4.39 Å². The molecule has 0 saturated carbocycles. The van der Waals surface area contributed by atoms with Crippen LogP contribution < -0.4 is 0 Å². The van der Waals surface area contributed by atoms with E-state index in [1.54, 1.807) is 23.9 Å². The molecule has 3 nitrogen and oxygen atoms in total. The molecule has 2 aromatic rings. The molecule has 0 aliphatic carbocycles. The molecular formula is C19H25ClFN3S. The number of thioether (sulfide) groups is 1. The van der Waals surface area contributed by atoms with Gasteiger partial charge in [0.1, 0.15) is 16.7 Å². The largest absolute Gasteiger partial charge is 0.303 e. The van der Waals surface area contributed by atoms with E-state index in [1.165, 1.54) is 57.5 Å². The third kappa shape index (κ3) is 6.24. The Kier molecular flexibility index (Phi) is 8.13. The molecule has 1 saturated heterocycles. The van der Waals surface area contributed by atoms with Gasteiger partial charge in [0.2, 0.25) is 0 Å². The van der Waals surface area contributed by atoms with Crippen LogP contribution in [0.25, 0.3) is 11.3 Å². The quantitative estimate of drug-likeness (QED) is 0.401. The van der Waals surface area contributed by atoms with Gasteiger partial charge in [-0.2, -0.15) is 0 Å². The molecule has 0 N–H and O–H groups in total. The lowest BCUT2D eigenvalue weighted by atomic mass is 10.1. The van der Waals surface area contributed by atoms with Crippen molar-refractivity contribution in [2.45, 2.75) is 37.6 Å². The Labute approximate surface area is 159 Å². The SMILES string of the molecule is Cc1nc(SCCCN2CCCCC2)cc(-c2ccc(F)cc2)n1.Cl. The summed E-state index contributed by atoms with van der Waals surface area (Å²) in [6.07, 6.45) is 5.26. The number of likely N-dealkylation sites (tertiary alicyclic amines) is 1. The number of aryl methyl sites for hydroxylation is 1. The van der Waals surface area contributed by atoms with Crippen LogP contribution in [-0.4, -0.2) is 40.3 Å². The summed E-state index contributed by atoms with van der Waals surface area (Å²) in [6, 6.07) is 8.48. The first-order valence-corrected chi connectivity index (χ1v) is 9.66. The van der Waals surface area contributed by atoms with E-state index >= 15 is 0 Å². The first-order valence-electron chi connectivity index (χ1n) is 8.67. The van der Waals surface area contributed by atoms with Gasteiger partial charge in [-0.05, 0) is 76.2 Å². The standard InChI is InChI=1S/C19H24FN3S.ClH/c1-15-21-18(16-6-8-17(20)9-7-16)14-19(22-15)24-13-5-12-23-10-3-2-4-11-23;/h6-9,14H,2-5,10-13H2,1H3;1H. The van der Waals surface area contributed by atoms with Crippen molar-refractivity contribution in [1.82, 2.24) is 14.9 Å². The number of piperidine rings is 1. The molecule has 25 heavy (non-hydrogen) atoms. The van der Waals surface area contributed by atoms with Crippen LogP contribution in [0.5, 0.6) is 0 Å². The van der Waals surface area contributed by atoms with Gasteiger partial charge < -0.3 is 4.90 Å². The zero-order valence-electron chi connectivity index (χ0n) is 14.6. The average Bonchev–Trinajstić information content (AvgIpc) is 2.60. The molecule has 1 aromatic carbocycles. The van der Waals surface area contributed by atoms with Crippen LogP contribution in [0.2, 0.25) is 0 Å². The van der Waals surface area contributed by atoms with Crippen LogP contribution in [0.15, 0.2) is 35.4 Å². The fourth-order valence-electron chi connectivity index (χ4n) is 3.03. The Morgan fingerprint density at radius 3 is 2.52 bits per heavy atom. The second-order valence-corrected chi connectivity index (χ2v) is 7.37. The minimum absolute atomic E-state index is 0. The van der Waals surface area contributed by atoms with Gasteiger partial charge in [0, 0.05) is 11.3 Å². The molecule has 1 aromatic heterocycles. The predicted molar refractivity (Wildman–Crippen MR) is 105 cm³/mol. The van der Waals surface area contributed by atoms with E-state index in [0.717, 1.165) is 27.9 Å². The van der Waals surface area contributed by atoms with Crippen molar-refractivity contribution in [2.24, 2.45) is 0 Å². The summed E-state index contributed by atoms with van der Waals surface area (Å²) >= 11 is 1.78. The molecule has 136 valence electrons. The second kappa shape index (κ2) is 10.1. The van der Waals surface area contributed by atoms with Gasteiger partial charge in [-0.25, -0.2) is 14.4 Å². The van der Waals surface area contributed by atoms with Gasteiger partial charge in [-0.1, -0.05) is 6.42 Å². The highest BCUT2D eigenvalue weighted by molar-refractivity contribution is 7.99. The minimum atomic E-state index is -0.225. The molecule has 0 amide bonds. The molecule has 1 aliphatic rings. The first-order chi connectivity index (χ1) is 11.7. The number of benzene rings is 1. The number of rotatable bonds is 6. The number of nitrogens with zero attached hydrogens (tertiary/aromatic N) is 3. The molecule has 0 atom stereocenters. The highest BCUT2D eigenvalue weighted by Gasteiger charge is 2.10. The molecule has 3 rings (SSSR count). The Hall–Kier alpha value is -1.17. The van der Waals surface area contributed by atoms with Gasteiger partial charge >= 0.3 is 0 Å². The van der Waals surface area contributed by atoms with Gasteiger partial charge in [-0.3, -0.25) is 0 Å². The highest BCUT2D eigenvalue weighted by atomic mass is 35.5. The lowest BCUT2D eigenvalue weighted by Crippen LogP contribution is -2.30. The fraction of sp³-hybridized carbons (Fsp3) is 0.474. The van der Waals surface area contributed by atoms with E-state index in [0.29, 0.717) is 0 Å². The molecule has 1 fully saturated rings. The maximum absolute atomic E-state index is 13.1. The van der Waals surface area contributed by atoms with Crippen LogP contribution in [0.4, 0.5) is 4.39 Å². The third-order valence-corrected chi connectivity index (χ3v) is 5.27. The Morgan fingerprint density at radius 2 is 1.80 bits per heavy atom. The Morgan fingerprint density at radius 1 is 1.08 bits per heavy atom. The Balaban J connectivity index is 0.00000225. The molecule has 0 unspecified atom stereocenters. The number of hydrogen-bond acceptors (Lipinski definition) is 4. The minimum Gasteiger partial charge on any atom is -0.303 e. The van der Waals surface area contributed by atoms with E-state index in [9.17, 15) is 4.39 Å². The van der Waals surface area contributed by atoms with E-state index in [-0.39, 0.29) is 18.2 Å². The summed E-state index contributed by atoms with van der Waals surface area (Å²) in [5.41, 5.74) is 1.79. The maximum atomic E-state index is 13.1. The normalized spacial score (nSPS) is 15.0. The van der Waals surface area contributed by atoms with Crippen molar-refractivity contribution >= 4 is 24.2 Å². The van der Waals surface area contributed by atoms with Crippen LogP contribution in [0.1, 0.15) is 31.5 Å². The number of hydrogen-bond donors (Lipinski definition) is 0. The van der Waals surface area contributed by atoms with Crippen LogP contribution >= 0.6 is 24.2 Å². The van der Waals surface area contributed by atoms with Crippen LogP contribution in [-0.2, 0) is 0 Å². The van der Waals surface area contributed by atoms with Crippen molar-refractivity contribution in [1.29, 1.82) is 0 Å². The highest BCUT2D eigenvalue weighted by Crippen LogP contribution is 2.24. The van der Waals surface area contributed by atoms with E-state index in [2.05, 4.69) is 14.9 Å². The van der Waals surface area contributed by atoms with Crippen molar-refractivity contribution in [2.75, 3.05) is 25.4 Å². The lowest BCUT2D eigenvalue weighted by Gasteiger charge is -2.26. The Bertz CT molecular complexity index is 660. The van der Waals surface area contributed by atoms with Crippen molar-refractivity contribution in [3.8, 4) is 11.3 Å². The average molecular weight is 382 g/mol. The fourth-order valence-corrected chi connectivity index (χ4v) is 3.90. The molecule has 0 radical (unpaired) electrons. The first kappa shape index (κ1) is 20.1. The van der Waals surface area contributed by atoms with Gasteiger partial charge in [0.05, 0.1) is 5.69 Å². The van der Waals surface area contributed by atoms with Gasteiger partial charge in [-0.15, -0.1) is 24.2 Å². The van der Waals surface area contributed by atoms with Gasteiger partial charge in [0.25, 0.3) is 0 Å². The zero-order valence-corrected chi connectivity index (χ0v) is 16.2. The molecule has 0 bridgehead atoms. The monoisotopic (exact) mass is 381 g/mol. The molecule has 2 heterocycles. The summed E-state index contributed by atoms with van der Waals surface area (Å²) in [6.45, 7) is 5.60. The van der Waals surface area contributed by atoms with E-state index in [4.69, 9.17) is 0 Å². The number of aromatic nitrogens is 2. The molecule has 6 heteroatoms. The van der Waals surface area contributed by atoms with E-state index < -0.39 is 0 Å². The van der Waals surface area contributed by atoms with E-state index in [1.807, 2.05) is 13.0 Å².